The topological polar surface area (TPSA) is 73.2 Å². The van der Waals surface area contributed by atoms with Crippen LogP contribution in [0, 0.1) is 32.1 Å². The zero-order chi connectivity index (χ0) is 25.1. The van der Waals surface area contributed by atoms with Gasteiger partial charge in [0.2, 0.25) is 5.91 Å². The molecule has 4 rings (SSSR count). The molecule has 0 radical (unpaired) electrons. The lowest BCUT2D eigenvalue weighted by Crippen LogP contribution is -2.30. The zero-order valence-electron chi connectivity index (χ0n) is 19.6. The Bertz CT molecular complexity index is 1360. The number of benzene rings is 3. The van der Waals surface area contributed by atoms with Gasteiger partial charge in [-0.1, -0.05) is 70.9 Å². The number of hydrogen-bond donors (Lipinski definition) is 1. The van der Waals surface area contributed by atoms with E-state index in [1.54, 1.807) is 12.1 Å². The van der Waals surface area contributed by atoms with E-state index in [2.05, 4.69) is 5.32 Å². The average Bonchev–Trinajstić information content (AvgIpc) is 3.14. The Morgan fingerprint density at radius 1 is 1.03 bits per heavy atom. The summed E-state index contributed by atoms with van der Waals surface area (Å²) in [5, 5.41) is 13.2. The smallest absolute Gasteiger partial charge is 0.269 e. The van der Waals surface area contributed by atoms with E-state index in [1.807, 2.05) is 81.4 Å². The Morgan fingerprint density at radius 3 is 2.26 bits per heavy atom. The van der Waals surface area contributed by atoms with Crippen molar-refractivity contribution in [3.8, 4) is 6.07 Å². The minimum atomic E-state index is -0.553. The van der Waals surface area contributed by atoms with E-state index in [0.717, 1.165) is 22.3 Å². The van der Waals surface area contributed by atoms with Crippen molar-refractivity contribution in [2.24, 2.45) is 0 Å². The lowest BCUT2D eigenvalue weighted by molar-refractivity contribution is -0.117. The van der Waals surface area contributed by atoms with Gasteiger partial charge < -0.3 is 5.32 Å². The molecule has 0 bridgehead atoms. The summed E-state index contributed by atoms with van der Waals surface area (Å²) in [6.07, 6.45) is 0.424. The van der Waals surface area contributed by atoms with Crippen LogP contribution < -0.4 is 10.2 Å². The van der Waals surface area contributed by atoms with Gasteiger partial charge >= 0.3 is 0 Å². The second-order valence-electron chi connectivity index (χ2n) is 8.52. The van der Waals surface area contributed by atoms with E-state index in [1.165, 1.54) is 16.7 Å². The Kier molecular flexibility index (Phi) is 7.30. The number of carbonyl (C=O) groups is 2. The van der Waals surface area contributed by atoms with Crippen LogP contribution >= 0.6 is 23.4 Å². The molecule has 1 heterocycles. The lowest BCUT2D eigenvalue weighted by atomic mass is 10.1. The number of hydrogen-bond acceptors (Lipinski definition) is 4. The van der Waals surface area contributed by atoms with Crippen molar-refractivity contribution >= 4 is 46.6 Å². The summed E-state index contributed by atoms with van der Waals surface area (Å²) in [4.78, 5) is 28.2. The number of thioether (sulfide) groups is 1. The first-order valence-electron chi connectivity index (χ1n) is 11.1. The van der Waals surface area contributed by atoms with Crippen molar-refractivity contribution in [3.63, 3.8) is 0 Å². The van der Waals surface area contributed by atoms with E-state index < -0.39 is 11.2 Å². The Balaban J connectivity index is 1.72. The molecule has 1 atom stereocenters. The molecule has 0 aliphatic carbocycles. The Morgan fingerprint density at radius 2 is 1.66 bits per heavy atom. The molecule has 1 aliphatic rings. The maximum Gasteiger partial charge on any atom is 0.269 e. The van der Waals surface area contributed by atoms with Crippen LogP contribution in [-0.4, -0.2) is 17.1 Å². The normalized spacial score (nSPS) is 16.7. The van der Waals surface area contributed by atoms with E-state index in [9.17, 15) is 14.9 Å². The molecule has 1 aliphatic heterocycles. The highest BCUT2D eigenvalue weighted by atomic mass is 35.5. The van der Waals surface area contributed by atoms with Crippen LogP contribution in [0.4, 0.5) is 11.4 Å². The molecule has 0 saturated carbocycles. The largest absolute Gasteiger partial charge is 0.321 e. The summed E-state index contributed by atoms with van der Waals surface area (Å²) in [5.41, 5.74) is 5.07. The number of nitriles is 1. The van der Waals surface area contributed by atoms with Crippen LogP contribution in [0.15, 0.2) is 77.3 Å². The third kappa shape index (κ3) is 5.43. The number of nitrogens with zero attached hydrogens (tertiary/aromatic N) is 2. The van der Waals surface area contributed by atoms with Gasteiger partial charge in [0.1, 0.15) is 16.7 Å². The number of anilines is 2. The quantitative estimate of drug-likeness (QED) is 0.327. The maximum absolute atomic E-state index is 13.6. The summed E-state index contributed by atoms with van der Waals surface area (Å²) < 4.78 is 0. The monoisotopic (exact) mass is 501 g/mol. The van der Waals surface area contributed by atoms with Gasteiger partial charge in [-0.2, -0.15) is 5.26 Å². The average molecular weight is 502 g/mol. The molecule has 35 heavy (non-hydrogen) atoms. The van der Waals surface area contributed by atoms with Crippen LogP contribution in [0.3, 0.4) is 0 Å². The van der Waals surface area contributed by atoms with Crippen LogP contribution in [-0.2, 0) is 16.0 Å². The summed E-state index contributed by atoms with van der Waals surface area (Å²) in [7, 11) is 0. The summed E-state index contributed by atoms with van der Waals surface area (Å²) in [6, 6.07) is 22.5. The molecular weight excluding hydrogens is 478 g/mol. The lowest BCUT2D eigenvalue weighted by Gasteiger charge is -2.19. The number of halogens is 1. The van der Waals surface area contributed by atoms with Crippen molar-refractivity contribution < 1.29 is 9.59 Å². The molecule has 5 nitrogen and oxygen atoms in total. The first kappa shape index (κ1) is 24.6. The maximum atomic E-state index is 13.6. The van der Waals surface area contributed by atoms with Crippen LogP contribution in [0.1, 0.15) is 22.3 Å². The van der Waals surface area contributed by atoms with Crippen molar-refractivity contribution in [1.82, 2.24) is 0 Å². The van der Waals surface area contributed by atoms with Crippen LogP contribution in [0.25, 0.3) is 0 Å². The van der Waals surface area contributed by atoms with Gasteiger partial charge in [-0.05, 0) is 68.7 Å². The van der Waals surface area contributed by atoms with Crippen molar-refractivity contribution in [1.29, 1.82) is 5.26 Å². The molecule has 7 heteroatoms. The third-order valence-corrected chi connectivity index (χ3v) is 7.43. The number of carbonyl (C=O) groups excluding carboxylic acids is 2. The fourth-order valence-electron chi connectivity index (χ4n) is 3.72. The Hall–Kier alpha value is -3.53. The predicted octanol–water partition coefficient (Wildman–Crippen LogP) is 6.33. The number of amides is 2. The highest BCUT2D eigenvalue weighted by Crippen LogP contribution is 2.42. The van der Waals surface area contributed by atoms with Gasteiger partial charge in [-0.3, -0.25) is 14.5 Å². The summed E-state index contributed by atoms with van der Waals surface area (Å²) in [6.45, 7) is 5.84. The molecule has 3 aromatic rings. The number of nitrogens with one attached hydrogen (secondary N) is 1. The van der Waals surface area contributed by atoms with Crippen molar-refractivity contribution in [2.75, 3.05) is 10.2 Å². The van der Waals surface area contributed by atoms with E-state index in [4.69, 9.17) is 11.6 Å². The van der Waals surface area contributed by atoms with Crippen molar-refractivity contribution in [2.45, 2.75) is 32.4 Å². The molecule has 3 aromatic carbocycles. The second kappa shape index (κ2) is 10.4. The summed E-state index contributed by atoms with van der Waals surface area (Å²) in [5.74, 6) is -0.732. The highest BCUT2D eigenvalue weighted by molar-refractivity contribution is 8.05. The van der Waals surface area contributed by atoms with Gasteiger partial charge in [-0.25, -0.2) is 0 Å². The van der Waals surface area contributed by atoms with E-state index >= 15 is 0 Å². The molecular formula is C28H24ClN3O2S. The van der Waals surface area contributed by atoms with Gasteiger partial charge in [0.05, 0.1) is 5.25 Å². The molecule has 1 fully saturated rings. The zero-order valence-corrected chi connectivity index (χ0v) is 21.2. The Labute approximate surface area is 214 Å². The molecule has 1 N–H and O–H groups in total. The van der Waals surface area contributed by atoms with Gasteiger partial charge in [0.25, 0.3) is 5.91 Å². The fraction of sp³-hybridized carbons (Fsp3) is 0.179. The molecule has 2 amide bonds. The van der Waals surface area contributed by atoms with E-state index in [-0.39, 0.29) is 11.5 Å². The minimum absolute atomic E-state index is 0.103. The van der Waals surface area contributed by atoms with E-state index in [0.29, 0.717) is 27.8 Å². The molecule has 0 spiro atoms. The standard InChI is InChI=1S/C28H24ClN3O2S/c1-17-4-10-21(11-5-17)31-26(33)23(16-30)28-32(22-12-6-18(2)7-13-22)27(34)25(35-28)15-20-9-8-19(3)24(29)14-20/h4-14,25H,15H2,1-3H3,(H,31,33)/b28-23+/t25-/m0/s1. The number of aryl methyl sites for hydroxylation is 3. The first-order chi connectivity index (χ1) is 16.8. The number of rotatable bonds is 5. The highest BCUT2D eigenvalue weighted by Gasteiger charge is 2.40. The second-order valence-corrected chi connectivity index (χ2v) is 10.1. The fourth-order valence-corrected chi connectivity index (χ4v) is 5.24. The van der Waals surface area contributed by atoms with Gasteiger partial charge in [0.15, 0.2) is 0 Å². The van der Waals surface area contributed by atoms with Gasteiger partial charge in [0, 0.05) is 16.4 Å². The molecule has 0 unspecified atom stereocenters. The van der Waals surface area contributed by atoms with Gasteiger partial charge in [-0.15, -0.1) is 0 Å². The summed E-state index contributed by atoms with van der Waals surface area (Å²) >= 11 is 7.53. The molecule has 1 saturated heterocycles. The van der Waals surface area contributed by atoms with Crippen molar-refractivity contribution in [3.05, 3.63) is 105 Å². The minimum Gasteiger partial charge on any atom is -0.321 e. The van der Waals surface area contributed by atoms with Crippen LogP contribution in [0.2, 0.25) is 5.02 Å². The molecule has 0 aromatic heterocycles. The van der Waals surface area contributed by atoms with Crippen LogP contribution in [0.5, 0.6) is 0 Å². The SMILES string of the molecule is Cc1ccc(NC(=O)/C(C#N)=C2/S[C@@H](Cc3ccc(C)c(Cl)c3)C(=O)N2c2ccc(C)cc2)cc1. The predicted molar refractivity (Wildman–Crippen MR) is 142 cm³/mol. The molecule has 176 valence electrons. The third-order valence-electron chi connectivity index (χ3n) is 5.76. The first-order valence-corrected chi connectivity index (χ1v) is 12.4.